The number of nitrogens with zero attached hydrogens (tertiary/aromatic N) is 1. The molecule has 0 aromatic heterocycles. The van der Waals surface area contributed by atoms with E-state index in [4.69, 9.17) is 27.9 Å². The van der Waals surface area contributed by atoms with E-state index in [9.17, 15) is 0 Å². The largest absolute Gasteiger partial charge is 0.489 e. The summed E-state index contributed by atoms with van der Waals surface area (Å²) in [4.78, 5) is 2.41. The Bertz CT molecular complexity index is 643. The number of benzene rings is 2. The molecule has 5 heteroatoms. The lowest BCUT2D eigenvalue weighted by atomic mass is 10.2. The number of hydrogen-bond donors (Lipinski definition) is 1. The summed E-state index contributed by atoms with van der Waals surface area (Å²) < 4.78 is 5.80. The van der Waals surface area contributed by atoms with Crippen LogP contribution < -0.4 is 10.1 Å². The van der Waals surface area contributed by atoms with Crippen LogP contribution in [-0.4, -0.2) is 31.1 Å². The van der Waals surface area contributed by atoms with Crippen molar-refractivity contribution in [2.75, 3.05) is 26.2 Å². The molecule has 1 N–H and O–H groups in total. The third-order valence-electron chi connectivity index (χ3n) is 4.16. The minimum absolute atomic E-state index is 0.428. The predicted molar refractivity (Wildman–Crippen MR) is 107 cm³/mol. The molecule has 0 atom stereocenters. The van der Waals surface area contributed by atoms with Crippen LogP contribution in [0.2, 0.25) is 10.0 Å². The number of nitrogens with one attached hydrogen (secondary N) is 1. The third kappa shape index (κ3) is 6.87. The van der Waals surface area contributed by atoms with Crippen molar-refractivity contribution in [1.82, 2.24) is 10.2 Å². The van der Waals surface area contributed by atoms with Gasteiger partial charge in [0.25, 0.3) is 0 Å². The number of ether oxygens (including phenoxy) is 1. The molecule has 2 rings (SSSR count). The minimum Gasteiger partial charge on any atom is -0.489 e. The molecule has 0 saturated heterocycles. The summed E-state index contributed by atoms with van der Waals surface area (Å²) in [5, 5.41) is 4.74. The van der Waals surface area contributed by atoms with E-state index in [-0.39, 0.29) is 0 Å². The van der Waals surface area contributed by atoms with Gasteiger partial charge in [-0.2, -0.15) is 0 Å². The van der Waals surface area contributed by atoms with Gasteiger partial charge in [0.2, 0.25) is 0 Å². The second-order valence-corrected chi connectivity index (χ2v) is 6.72. The van der Waals surface area contributed by atoms with Gasteiger partial charge in [0.05, 0.1) is 0 Å². The number of halogens is 2. The zero-order valence-corrected chi connectivity index (χ0v) is 16.4. The van der Waals surface area contributed by atoms with Gasteiger partial charge < -0.3 is 15.0 Å². The smallest absolute Gasteiger partial charge is 0.119 e. The maximum atomic E-state index is 6.16. The lowest BCUT2D eigenvalue weighted by Crippen LogP contribution is -2.31. The Morgan fingerprint density at radius 2 is 1.72 bits per heavy atom. The van der Waals surface area contributed by atoms with E-state index < -0.39 is 0 Å². The standard InChI is InChI=1S/C20H26Cl2N2O/c1-3-24(4-2)12-11-23-14-16-5-9-19(10-6-16)25-15-17-7-8-18(21)13-20(17)22/h5-10,13,23H,3-4,11-12,14-15H2,1-2H3. The molecule has 3 nitrogen and oxygen atoms in total. The van der Waals surface area contributed by atoms with Gasteiger partial charge in [0.1, 0.15) is 12.4 Å². The average Bonchev–Trinajstić information content (AvgIpc) is 2.62. The fourth-order valence-corrected chi connectivity index (χ4v) is 2.98. The molecule has 0 radical (unpaired) electrons. The summed E-state index contributed by atoms with van der Waals surface area (Å²) in [7, 11) is 0. The van der Waals surface area contributed by atoms with Crippen LogP contribution in [0.4, 0.5) is 0 Å². The zero-order chi connectivity index (χ0) is 18.1. The highest BCUT2D eigenvalue weighted by atomic mass is 35.5. The summed E-state index contributed by atoms with van der Waals surface area (Å²) in [6.45, 7) is 9.95. The van der Waals surface area contributed by atoms with Gasteiger partial charge in [-0.05, 0) is 42.9 Å². The molecule has 0 fully saturated rings. The molecule has 0 heterocycles. The zero-order valence-electron chi connectivity index (χ0n) is 14.9. The molecule has 0 aliphatic carbocycles. The van der Waals surface area contributed by atoms with Crippen molar-refractivity contribution < 1.29 is 4.74 Å². The van der Waals surface area contributed by atoms with E-state index in [0.29, 0.717) is 16.7 Å². The van der Waals surface area contributed by atoms with Gasteiger partial charge in [0, 0.05) is 35.2 Å². The Kier molecular flexibility index (Phi) is 8.56. The van der Waals surface area contributed by atoms with Crippen molar-refractivity contribution >= 4 is 23.2 Å². The van der Waals surface area contributed by atoms with Crippen molar-refractivity contribution in [3.63, 3.8) is 0 Å². The maximum absolute atomic E-state index is 6.16. The number of likely N-dealkylation sites (N-methyl/N-ethyl adjacent to an activating group) is 1. The van der Waals surface area contributed by atoms with Gasteiger partial charge in [-0.15, -0.1) is 0 Å². The Labute approximate surface area is 160 Å². The van der Waals surface area contributed by atoms with E-state index >= 15 is 0 Å². The fourth-order valence-electron chi connectivity index (χ4n) is 2.51. The molecule has 0 aliphatic rings. The first-order valence-corrected chi connectivity index (χ1v) is 9.46. The quantitative estimate of drug-likeness (QED) is 0.586. The van der Waals surface area contributed by atoms with Crippen molar-refractivity contribution in [2.24, 2.45) is 0 Å². The van der Waals surface area contributed by atoms with Gasteiger partial charge in [-0.1, -0.05) is 55.2 Å². The lowest BCUT2D eigenvalue weighted by Gasteiger charge is -2.18. The minimum atomic E-state index is 0.428. The molecule has 25 heavy (non-hydrogen) atoms. The number of hydrogen-bond acceptors (Lipinski definition) is 3. The predicted octanol–water partition coefficient (Wildman–Crippen LogP) is 5.00. The molecule has 136 valence electrons. The summed E-state index contributed by atoms with van der Waals surface area (Å²) >= 11 is 12.1. The van der Waals surface area contributed by atoms with Gasteiger partial charge in [0.15, 0.2) is 0 Å². The van der Waals surface area contributed by atoms with Crippen LogP contribution in [0.15, 0.2) is 42.5 Å². The Balaban J connectivity index is 1.76. The average molecular weight is 381 g/mol. The molecule has 2 aromatic rings. The van der Waals surface area contributed by atoms with E-state index in [2.05, 4.69) is 36.2 Å². The Hall–Kier alpha value is -1.26. The van der Waals surface area contributed by atoms with Crippen LogP contribution in [0, 0.1) is 0 Å². The second kappa shape index (κ2) is 10.7. The van der Waals surface area contributed by atoms with Crippen molar-refractivity contribution in [2.45, 2.75) is 27.0 Å². The summed E-state index contributed by atoms with van der Waals surface area (Å²) in [6, 6.07) is 13.6. The van der Waals surface area contributed by atoms with Crippen molar-refractivity contribution in [3.8, 4) is 5.75 Å². The molecular formula is C20H26Cl2N2O. The Morgan fingerprint density at radius 3 is 2.36 bits per heavy atom. The molecular weight excluding hydrogens is 355 g/mol. The third-order valence-corrected chi connectivity index (χ3v) is 4.75. The van der Waals surface area contributed by atoms with Crippen molar-refractivity contribution in [1.29, 1.82) is 0 Å². The van der Waals surface area contributed by atoms with Crippen molar-refractivity contribution in [3.05, 3.63) is 63.6 Å². The molecule has 0 aliphatic heterocycles. The van der Waals surface area contributed by atoms with E-state index in [0.717, 1.165) is 44.0 Å². The summed E-state index contributed by atoms with van der Waals surface area (Å²) in [5.74, 6) is 0.831. The molecule has 0 amide bonds. The normalized spacial score (nSPS) is 11.1. The second-order valence-electron chi connectivity index (χ2n) is 5.87. The highest BCUT2D eigenvalue weighted by molar-refractivity contribution is 6.35. The first-order chi connectivity index (χ1) is 12.1. The monoisotopic (exact) mass is 380 g/mol. The highest BCUT2D eigenvalue weighted by Crippen LogP contribution is 2.22. The maximum Gasteiger partial charge on any atom is 0.119 e. The summed E-state index contributed by atoms with van der Waals surface area (Å²) in [5.41, 5.74) is 2.17. The highest BCUT2D eigenvalue weighted by Gasteiger charge is 2.03. The van der Waals surface area contributed by atoms with E-state index in [1.165, 1.54) is 5.56 Å². The van der Waals surface area contributed by atoms with E-state index in [1.54, 1.807) is 6.07 Å². The van der Waals surface area contributed by atoms with Gasteiger partial charge in [-0.3, -0.25) is 0 Å². The topological polar surface area (TPSA) is 24.5 Å². The lowest BCUT2D eigenvalue weighted by molar-refractivity contribution is 0.302. The Morgan fingerprint density at radius 1 is 1.00 bits per heavy atom. The first-order valence-electron chi connectivity index (χ1n) is 8.71. The number of rotatable bonds is 10. The van der Waals surface area contributed by atoms with Gasteiger partial charge >= 0.3 is 0 Å². The first kappa shape index (κ1) is 20.1. The molecule has 0 spiro atoms. The van der Waals surface area contributed by atoms with E-state index in [1.807, 2.05) is 24.3 Å². The molecule has 0 unspecified atom stereocenters. The molecule has 0 saturated carbocycles. The molecule has 2 aromatic carbocycles. The molecule has 0 bridgehead atoms. The van der Waals surface area contributed by atoms with Crippen LogP contribution in [0.1, 0.15) is 25.0 Å². The van der Waals surface area contributed by atoms with Crippen LogP contribution >= 0.6 is 23.2 Å². The SMILES string of the molecule is CCN(CC)CCNCc1ccc(OCc2ccc(Cl)cc2Cl)cc1. The van der Waals surface area contributed by atoms with Gasteiger partial charge in [-0.25, -0.2) is 0 Å². The summed E-state index contributed by atoms with van der Waals surface area (Å²) in [6.07, 6.45) is 0. The van der Waals surface area contributed by atoms with Crippen LogP contribution in [0.5, 0.6) is 5.75 Å². The fraction of sp³-hybridized carbons (Fsp3) is 0.400. The van der Waals surface area contributed by atoms with Crippen LogP contribution in [0.3, 0.4) is 0 Å². The van der Waals surface area contributed by atoms with Crippen LogP contribution in [0.25, 0.3) is 0 Å². The van der Waals surface area contributed by atoms with Crippen LogP contribution in [-0.2, 0) is 13.2 Å².